The highest BCUT2D eigenvalue weighted by Gasteiger charge is 2.55. The van der Waals surface area contributed by atoms with Crippen molar-refractivity contribution in [2.75, 3.05) is 24.6 Å². The maximum Gasteiger partial charge on any atom is 0.325 e. The van der Waals surface area contributed by atoms with Crippen molar-refractivity contribution in [3.05, 3.63) is 40.6 Å². The molecule has 4 aliphatic rings. The van der Waals surface area contributed by atoms with E-state index in [-0.39, 0.29) is 50.2 Å². The molecule has 184 valence electrons. The lowest BCUT2D eigenvalue weighted by Gasteiger charge is -2.43. The fourth-order valence-corrected chi connectivity index (χ4v) is 5.74. The first-order chi connectivity index (χ1) is 16.7. The lowest BCUT2D eigenvalue weighted by atomic mass is 9.90. The van der Waals surface area contributed by atoms with E-state index < -0.39 is 29.5 Å². The van der Waals surface area contributed by atoms with Gasteiger partial charge in [0.05, 0.1) is 31.0 Å². The zero-order valence-corrected chi connectivity index (χ0v) is 19.1. The van der Waals surface area contributed by atoms with Crippen LogP contribution in [0.1, 0.15) is 42.1 Å². The molecule has 3 atom stereocenters. The van der Waals surface area contributed by atoms with Crippen molar-refractivity contribution in [3.63, 3.8) is 0 Å². The van der Waals surface area contributed by atoms with E-state index in [4.69, 9.17) is 0 Å². The monoisotopic (exact) mass is 485 g/mol. The number of nitrogens with one attached hydrogen (secondary N) is 1. The largest absolute Gasteiger partial charge is 0.395 e. The second kappa shape index (κ2) is 7.41. The quantitative estimate of drug-likeness (QED) is 0.561. The van der Waals surface area contributed by atoms with Crippen molar-refractivity contribution < 1.29 is 28.6 Å². The minimum absolute atomic E-state index is 0.0759. The second-order valence-corrected chi connectivity index (χ2v) is 9.75. The molecule has 3 N–H and O–H groups in total. The number of urea groups is 1. The molecule has 3 amide bonds. The number of alkyl halides is 2. The van der Waals surface area contributed by atoms with Crippen LogP contribution in [0, 0.1) is 0 Å². The Hall–Kier alpha value is -3.18. The minimum Gasteiger partial charge on any atom is -0.395 e. The van der Waals surface area contributed by atoms with Crippen LogP contribution in [-0.2, 0) is 29.1 Å². The lowest BCUT2D eigenvalue weighted by molar-refractivity contribution is -0.131. The summed E-state index contributed by atoms with van der Waals surface area (Å²) in [5, 5.41) is 21.9. The zero-order chi connectivity index (χ0) is 24.7. The minimum atomic E-state index is -3.05. The molecular weight excluding hydrogens is 460 g/mol. The first-order valence-corrected chi connectivity index (χ1v) is 11.8. The molecular formula is C24H25F2N5O4. The number of aryl methyl sites for hydroxylation is 1. The Bertz CT molecular complexity index is 1270. The average Bonchev–Trinajstić information content (AvgIpc) is 3.44. The number of aliphatic hydroxyl groups excluding tert-OH is 2. The van der Waals surface area contributed by atoms with Gasteiger partial charge in [-0.1, -0.05) is 12.1 Å². The standard InChI is InChI=1S/C24H25F2N5O4/c1-12-17(33)11-31(12)21-27-18(15-5-7-24(25,26)19(15)28-21)14-2-3-16-13(10-14)4-6-23(16)20(34)30(8-9-32)22(35)29-23/h2-3,10,12,17,32-33H,4-9,11H2,1H3,(H,29,35)/t12-,17+,23+/m0/s1. The number of rotatable bonds is 4. The number of aliphatic hydroxyl groups is 2. The maximum absolute atomic E-state index is 14.7. The Kier molecular flexibility index (Phi) is 4.72. The normalized spacial score (nSPS) is 28.4. The summed E-state index contributed by atoms with van der Waals surface area (Å²) in [5.41, 5.74) is 1.58. The Labute approximate surface area is 199 Å². The third kappa shape index (κ3) is 3.04. The predicted octanol–water partition coefficient (Wildman–Crippen LogP) is 1.44. The number of aromatic nitrogens is 2. The van der Waals surface area contributed by atoms with Gasteiger partial charge in [0.2, 0.25) is 5.95 Å². The van der Waals surface area contributed by atoms with Gasteiger partial charge in [-0.2, -0.15) is 8.78 Å². The summed E-state index contributed by atoms with van der Waals surface area (Å²) in [6, 6.07) is 4.56. The molecule has 3 heterocycles. The highest BCUT2D eigenvalue weighted by atomic mass is 19.3. The highest BCUT2D eigenvalue weighted by molar-refractivity contribution is 6.08. The van der Waals surface area contributed by atoms with Crippen molar-refractivity contribution in [2.24, 2.45) is 0 Å². The Morgan fingerprint density at radius 3 is 2.71 bits per heavy atom. The van der Waals surface area contributed by atoms with Crippen LogP contribution in [0.3, 0.4) is 0 Å². The molecule has 1 aromatic heterocycles. The number of hydrogen-bond acceptors (Lipinski definition) is 7. The zero-order valence-electron chi connectivity index (χ0n) is 19.1. The maximum atomic E-state index is 14.7. The molecule has 2 aliphatic heterocycles. The summed E-state index contributed by atoms with van der Waals surface area (Å²) in [6.45, 7) is 1.68. The van der Waals surface area contributed by atoms with Crippen LogP contribution in [0.2, 0.25) is 0 Å². The molecule has 0 saturated carbocycles. The van der Waals surface area contributed by atoms with Gasteiger partial charge >= 0.3 is 6.03 Å². The smallest absolute Gasteiger partial charge is 0.325 e. The van der Waals surface area contributed by atoms with Gasteiger partial charge in [0.25, 0.3) is 11.8 Å². The number of β-amino-alcohol motifs (C(OH)–C–C–N with tert-alkyl or cyclic N) is 2. The molecule has 2 aliphatic carbocycles. The molecule has 0 unspecified atom stereocenters. The summed E-state index contributed by atoms with van der Waals surface area (Å²) < 4.78 is 29.4. The first kappa shape index (κ1) is 22.3. The van der Waals surface area contributed by atoms with E-state index in [2.05, 4.69) is 15.3 Å². The number of carbonyl (C=O) groups excluding carboxylic acids is 2. The van der Waals surface area contributed by atoms with Crippen molar-refractivity contribution in [2.45, 2.75) is 56.2 Å². The molecule has 0 radical (unpaired) electrons. The second-order valence-electron chi connectivity index (χ2n) is 9.75. The summed E-state index contributed by atoms with van der Waals surface area (Å²) >= 11 is 0. The summed E-state index contributed by atoms with van der Waals surface area (Å²) in [7, 11) is 0. The number of benzene rings is 1. The number of fused-ring (bicyclic) bond motifs is 3. The molecule has 2 fully saturated rings. The van der Waals surface area contributed by atoms with Gasteiger partial charge in [-0.15, -0.1) is 0 Å². The molecule has 11 heteroatoms. The van der Waals surface area contributed by atoms with Crippen LogP contribution in [0.5, 0.6) is 0 Å². The molecule has 2 saturated heterocycles. The third-order valence-corrected chi connectivity index (χ3v) is 7.83. The van der Waals surface area contributed by atoms with Gasteiger partial charge < -0.3 is 20.4 Å². The molecule has 9 nitrogen and oxygen atoms in total. The number of anilines is 1. The fourth-order valence-electron chi connectivity index (χ4n) is 5.74. The molecule has 6 rings (SSSR count). The topological polar surface area (TPSA) is 119 Å². The number of hydrogen-bond donors (Lipinski definition) is 3. The average molecular weight is 485 g/mol. The Morgan fingerprint density at radius 1 is 1.20 bits per heavy atom. The molecule has 2 aromatic rings. The van der Waals surface area contributed by atoms with Gasteiger partial charge in [-0.3, -0.25) is 9.69 Å². The van der Waals surface area contributed by atoms with Crippen LogP contribution in [0.15, 0.2) is 18.2 Å². The van der Waals surface area contributed by atoms with E-state index in [1.807, 2.05) is 6.07 Å². The molecule has 35 heavy (non-hydrogen) atoms. The molecule has 0 bridgehead atoms. The van der Waals surface area contributed by atoms with Crippen LogP contribution in [0.4, 0.5) is 19.5 Å². The van der Waals surface area contributed by atoms with Crippen LogP contribution in [-0.4, -0.2) is 68.9 Å². The van der Waals surface area contributed by atoms with Gasteiger partial charge in [0.1, 0.15) is 11.2 Å². The van der Waals surface area contributed by atoms with E-state index in [9.17, 15) is 28.6 Å². The van der Waals surface area contributed by atoms with E-state index in [1.54, 1.807) is 24.0 Å². The number of amides is 3. The molecule has 1 aromatic carbocycles. The van der Waals surface area contributed by atoms with E-state index in [1.165, 1.54) is 0 Å². The highest BCUT2D eigenvalue weighted by Crippen LogP contribution is 2.47. The number of carbonyl (C=O) groups is 2. The predicted molar refractivity (Wildman–Crippen MR) is 120 cm³/mol. The van der Waals surface area contributed by atoms with Crippen LogP contribution < -0.4 is 10.2 Å². The SMILES string of the molecule is C[C@H]1[C@H](O)CN1c1nc(-c2ccc3c(c2)CC[C@@]32NC(=O)N(CCO)C2=O)c2c(n1)C(F)(F)CC2. The van der Waals surface area contributed by atoms with Crippen molar-refractivity contribution in [1.82, 2.24) is 20.2 Å². The van der Waals surface area contributed by atoms with Gasteiger partial charge in [-0.05, 0) is 43.4 Å². The summed E-state index contributed by atoms with van der Waals surface area (Å²) in [6.07, 6.45) is 0.167. The van der Waals surface area contributed by atoms with E-state index >= 15 is 0 Å². The first-order valence-electron chi connectivity index (χ1n) is 11.8. The molecule has 1 spiro atoms. The van der Waals surface area contributed by atoms with Crippen molar-refractivity contribution >= 4 is 17.9 Å². The number of nitrogens with zero attached hydrogens (tertiary/aromatic N) is 4. The van der Waals surface area contributed by atoms with Gasteiger partial charge in [0, 0.05) is 24.1 Å². The van der Waals surface area contributed by atoms with E-state index in [0.717, 1.165) is 10.5 Å². The summed E-state index contributed by atoms with van der Waals surface area (Å²) in [4.78, 5) is 37.1. The number of imide groups is 1. The van der Waals surface area contributed by atoms with Crippen molar-refractivity contribution in [1.29, 1.82) is 0 Å². The fraction of sp³-hybridized carbons (Fsp3) is 0.500. The Balaban J connectivity index is 1.42. The lowest BCUT2D eigenvalue weighted by Crippen LogP contribution is -2.59. The van der Waals surface area contributed by atoms with Crippen LogP contribution >= 0.6 is 0 Å². The van der Waals surface area contributed by atoms with Gasteiger partial charge in [-0.25, -0.2) is 14.8 Å². The third-order valence-electron chi connectivity index (χ3n) is 7.83. The van der Waals surface area contributed by atoms with Gasteiger partial charge in [0.15, 0.2) is 0 Å². The summed E-state index contributed by atoms with van der Waals surface area (Å²) in [5.74, 6) is -3.27. The van der Waals surface area contributed by atoms with E-state index in [0.29, 0.717) is 35.2 Å². The number of halogens is 2. The van der Waals surface area contributed by atoms with Crippen LogP contribution in [0.25, 0.3) is 11.3 Å². The Morgan fingerprint density at radius 2 is 2.00 bits per heavy atom. The van der Waals surface area contributed by atoms with Crippen molar-refractivity contribution in [3.8, 4) is 11.3 Å².